The minimum atomic E-state index is -0.130. The molecule has 1 fully saturated rings. The number of carbonyl (C=O) groups is 1. The van der Waals surface area contributed by atoms with Gasteiger partial charge in [-0.1, -0.05) is 6.92 Å². The molecule has 1 amide bonds. The van der Waals surface area contributed by atoms with Crippen LogP contribution in [0.25, 0.3) is 0 Å². The van der Waals surface area contributed by atoms with E-state index in [0.717, 1.165) is 29.8 Å². The number of pyridine rings is 1. The van der Waals surface area contributed by atoms with E-state index in [1.54, 1.807) is 0 Å². The summed E-state index contributed by atoms with van der Waals surface area (Å²) >= 11 is 0. The highest BCUT2D eigenvalue weighted by Crippen LogP contribution is 2.64. The smallest absolute Gasteiger partial charge is 0.231 e. The molecule has 78 valence electrons. The zero-order valence-corrected chi connectivity index (χ0v) is 9.00. The second-order valence-electron chi connectivity index (χ2n) is 4.67. The molecule has 2 aliphatic rings. The molecule has 0 spiro atoms. The highest BCUT2D eigenvalue weighted by Gasteiger charge is 2.62. The van der Waals surface area contributed by atoms with Gasteiger partial charge in [0.1, 0.15) is 0 Å². The van der Waals surface area contributed by atoms with Gasteiger partial charge in [-0.2, -0.15) is 0 Å². The minimum absolute atomic E-state index is 0.130. The van der Waals surface area contributed by atoms with E-state index < -0.39 is 0 Å². The maximum absolute atomic E-state index is 11.9. The molecule has 0 bridgehead atoms. The van der Waals surface area contributed by atoms with E-state index >= 15 is 0 Å². The van der Waals surface area contributed by atoms with Gasteiger partial charge >= 0.3 is 0 Å². The number of rotatable bonds is 1. The van der Waals surface area contributed by atoms with Crippen LogP contribution in [0.1, 0.15) is 36.9 Å². The van der Waals surface area contributed by atoms with Crippen molar-refractivity contribution in [2.24, 2.45) is 5.41 Å². The molecule has 2 heterocycles. The molecule has 1 aliphatic heterocycles. The van der Waals surface area contributed by atoms with Gasteiger partial charge in [0.05, 0.1) is 16.8 Å². The summed E-state index contributed by atoms with van der Waals surface area (Å²) in [5, 5.41) is 2.98. The summed E-state index contributed by atoms with van der Waals surface area (Å²) in [4.78, 5) is 16.4. The molecule has 2 unspecified atom stereocenters. The number of amides is 1. The highest BCUT2D eigenvalue weighted by molar-refractivity contribution is 6.02. The van der Waals surface area contributed by atoms with Crippen LogP contribution in [0.15, 0.2) is 12.3 Å². The first-order valence-corrected chi connectivity index (χ1v) is 5.45. The monoisotopic (exact) mass is 202 g/mol. The third-order valence-electron chi connectivity index (χ3n) is 3.79. The molecule has 3 rings (SSSR count). The lowest BCUT2D eigenvalue weighted by atomic mass is 9.93. The molecule has 1 aromatic rings. The Morgan fingerprint density at radius 3 is 3.20 bits per heavy atom. The molecular weight excluding hydrogens is 188 g/mol. The Balaban J connectivity index is 2.10. The van der Waals surface area contributed by atoms with E-state index in [1.165, 1.54) is 0 Å². The lowest BCUT2D eigenvalue weighted by Gasteiger charge is -2.22. The Bertz CT molecular complexity index is 455. The van der Waals surface area contributed by atoms with Gasteiger partial charge in [0.2, 0.25) is 5.91 Å². The number of nitrogens with zero attached hydrogens (tertiary/aromatic N) is 1. The summed E-state index contributed by atoms with van der Waals surface area (Å²) in [6.45, 7) is 4.08. The molecule has 0 radical (unpaired) electrons. The third kappa shape index (κ3) is 1.01. The van der Waals surface area contributed by atoms with Crippen molar-refractivity contribution in [1.29, 1.82) is 0 Å². The first-order valence-electron chi connectivity index (χ1n) is 5.45. The maximum atomic E-state index is 11.9. The summed E-state index contributed by atoms with van der Waals surface area (Å²) in [6, 6.07) is 2.01. The summed E-state index contributed by atoms with van der Waals surface area (Å²) < 4.78 is 0. The van der Waals surface area contributed by atoms with Crippen LogP contribution in [0.4, 0.5) is 5.69 Å². The van der Waals surface area contributed by atoms with Crippen LogP contribution in [0, 0.1) is 12.3 Å². The van der Waals surface area contributed by atoms with Crippen molar-refractivity contribution >= 4 is 11.6 Å². The Morgan fingerprint density at radius 2 is 2.47 bits per heavy atom. The van der Waals surface area contributed by atoms with Crippen molar-refractivity contribution in [3.63, 3.8) is 0 Å². The SMILES string of the molecule is CCC12CC1c1ncc(C)cc1NC2=O. The largest absolute Gasteiger partial charge is 0.324 e. The fourth-order valence-electron chi connectivity index (χ4n) is 2.67. The molecule has 1 aromatic heterocycles. The van der Waals surface area contributed by atoms with Gasteiger partial charge in [-0.3, -0.25) is 9.78 Å². The number of carbonyl (C=O) groups excluding carboxylic acids is 1. The molecule has 15 heavy (non-hydrogen) atoms. The second-order valence-corrected chi connectivity index (χ2v) is 4.67. The molecule has 1 saturated carbocycles. The minimum Gasteiger partial charge on any atom is -0.324 e. The fourth-order valence-corrected chi connectivity index (χ4v) is 2.67. The molecular formula is C12H14N2O. The number of fused-ring (bicyclic) bond motifs is 3. The summed E-state index contributed by atoms with van der Waals surface area (Å²) in [6.07, 6.45) is 3.77. The van der Waals surface area contributed by atoms with Gasteiger partial charge in [-0.05, 0) is 31.4 Å². The lowest BCUT2D eigenvalue weighted by molar-refractivity contribution is -0.121. The van der Waals surface area contributed by atoms with Crippen LogP contribution < -0.4 is 5.32 Å². The van der Waals surface area contributed by atoms with Gasteiger partial charge in [-0.25, -0.2) is 0 Å². The van der Waals surface area contributed by atoms with E-state index in [4.69, 9.17) is 0 Å². The standard InChI is InChI=1S/C12H14N2O/c1-3-12-5-8(12)10-9(14-11(12)15)4-7(2)6-13-10/h4,6,8H,3,5H2,1-2H3,(H,14,15). The Hall–Kier alpha value is -1.38. The first-order chi connectivity index (χ1) is 7.17. The molecule has 0 saturated heterocycles. The van der Waals surface area contributed by atoms with Crippen LogP contribution in [-0.2, 0) is 4.79 Å². The van der Waals surface area contributed by atoms with E-state index in [0.29, 0.717) is 5.92 Å². The van der Waals surface area contributed by atoms with Crippen molar-refractivity contribution in [2.45, 2.75) is 32.6 Å². The van der Waals surface area contributed by atoms with E-state index in [9.17, 15) is 4.79 Å². The molecule has 3 heteroatoms. The Labute approximate surface area is 88.9 Å². The van der Waals surface area contributed by atoms with Gasteiger partial charge in [0.25, 0.3) is 0 Å². The Morgan fingerprint density at radius 1 is 1.67 bits per heavy atom. The van der Waals surface area contributed by atoms with Gasteiger partial charge < -0.3 is 5.32 Å². The average Bonchev–Trinajstić information content (AvgIpc) is 2.94. The zero-order valence-electron chi connectivity index (χ0n) is 9.00. The van der Waals surface area contributed by atoms with Crippen molar-refractivity contribution in [3.05, 3.63) is 23.5 Å². The van der Waals surface area contributed by atoms with Crippen molar-refractivity contribution < 1.29 is 4.79 Å². The van der Waals surface area contributed by atoms with Gasteiger partial charge in [-0.15, -0.1) is 0 Å². The number of hydrogen-bond donors (Lipinski definition) is 1. The van der Waals surface area contributed by atoms with Crippen LogP contribution in [0.3, 0.4) is 0 Å². The number of aryl methyl sites for hydroxylation is 1. The number of anilines is 1. The van der Waals surface area contributed by atoms with Crippen molar-refractivity contribution in [3.8, 4) is 0 Å². The predicted octanol–water partition coefficient (Wildman–Crippen LogP) is 2.23. The summed E-state index contributed by atoms with van der Waals surface area (Å²) in [5.41, 5.74) is 2.97. The molecule has 1 N–H and O–H groups in total. The number of aromatic nitrogens is 1. The quantitative estimate of drug-likeness (QED) is 0.758. The fraction of sp³-hybridized carbons (Fsp3) is 0.500. The molecule has 2 atom stereocenters. The molecule has 3 nitrogen and oxygen atoms in total. The van der Waals surface area contributed by atoms with Crippen molar-refractivity contribution in [1.82, 2.24) is 4.98 Å². The van der Waals surface area contributed by atoms with Crippen LogP contribution >= 0.6 is 0 Å². The Kier molecular flexibility index (Phi) is 1.54. The van der Waals surface area contributed by atoms with E-state index in [-0.39, 0.29) is 11.3 Å². The number of hydrogen-bond acceptors (Lipinski definition) is 2. The first kappa shape index (κ1) is 8.89. The average molecular weight is 202 g/mol. The zero-order chi connectivity index (χ0) is 10.6. The summed E-state index contributed by atoms with van der Waals surface area (Å²) in [7, 11) is 0. The molecule has 1 aliphatic carbocycles. The highest BCUT2D eigenvalue weighted by atomic mass is 16.2. The van der Waals surface area contributed by atoms with Crippen LogP contribution in [-0.4, -0.2) is 10.9 Å². The van der Waals surface area contributed by atoms with Gasteiger partial charge in [0.15, 0.2) is 0 Å². The predicted molar refractivity (Wildman–Crippen MR) is 57.7 cm³/mol. The normalized spacial score (nSPS) is 31.6. The number of nitrogens with one attached hydrogen (secondary N) is 1. The third-order valence-corrected chi connectivity index (χ3v) is 3.79. The topological polar surface area (TPSA) is 42.0 Å². The van der Waals surface area contributed by atoms with Crippen molar-refractivity contribution in [2.75, 3.05) is 5.32 Å². The van der Waals surface area contributed by atoms with Gasteiger partial charge in [0, 0.05) is 12.1 Å². The second kappa shape index (κ2) is 2.60. The van der Waals surface area contributed by atoms with Crippen LogP contribution in [0.2, 0.25) is 0 Å². The molecule has 0 aromatic carbocycles. The van der Waals surface area contributed by atoms with Crippen LogP contribution in [0.5, 0.6) is 0 Å². The summed E-state index contributed by atoms with van der Waals surface area (Å²) in [5.74, 6) is 0.557. The maximum Gasteiger partial charge on any atom is 0.231 e. The lowest BCUT2D eigenvalue weighted by Crippen LogP contribution is -2.29. The van der Waals surface area contributed by atoms with E-state index in [1.807, 2.05) is 19.2 Å². The van der Waals surface area contributed by atoms with E-state index in [2.05, 4.69) is 17.2 Å².